The summed E-state index contributed by atoms with van der Waals surface area (Å²) in [4.78, 5) is 13.8. The molecule has 2 heterocycles. The maximum absolute atomic E-state index is 14.0. The van der Waals surface area contributed by atoms with Crippen LogP contribution in [0.5, 0.6) is 0 Å². The maximum atomic E-state index is 14.0. The van der Waals surface area contributed by atoms with Crippen molar-refractivity contribution in [2.45, 2.75) is 38.7 Å². The molecule has 3 fully saturated rings. The van der Waals surface area contributed by atoms with Gasteiger partial charge in [-0.25, -0.2) is 13.6 Å². The lowest BCUT2D eigenvalue weighted by molar-refractivity contribution is -0.0534. The molecule has 1 N–H and O–H groups in total. The second-order valence-electron chi connectivity index (χ2n) is 7.44. The van der Waals surface area contributed by atoms with Crippen LogP contribution in [0.1, 0.15) is 27.2 Å². The second kappa shape index (κ2) is 4.06. The van der Waals surface area contributed by atoms with Gasteiger partial charge in [-0.05, 0) is 26.7 Å². The molecular weight excluding hydrogens is 266 g/mol. The van der Waals surface area contributed by atoms with E-state index in [0.29, 0.717) is 26.2 Å². The van der Waals surface area contributed by atoms with Gasteiger partial charge >= 0.3 is 6.09 Å². The van der Waals surface area contributed by atoms with Crippen LogP contribution in [0.4, 0.5) is 13.6 Å². The fourth-order valence-electron chi connectivity index (χ4n) is 4.14. The third kappa shape index (κ3) is 2.00. The molecular formula is C14H22F2N2O2. The second-order valence-corrected chi connectivity index (χ2v) is 7.44. The average molecular weight is 288 g/mol. The molecule has 3 atom stereocenters. The first kappa shape index (κ1) is 14.0. The normalized spacial score (nSPS) is 38.8. The molecule has 6 heteroatoms. The van der Waals surface area contributed by atoms with E-state index in [4.69, 9.17) is 4.74 Å². The van der Waals surface area contributed by atoms with Gasteiger partial charge in [0.2, 0.25) is 0 Å². The molecule has 3 aliphatic rings. The Labute approximate surface area is 117 Å². The van der Waals surface area contributed by atoms with Crippen molar-refractivity contribution < 1.29 is 18.3 Å². The van der Waals surface area contributed by atoms with Crippen molar-refractivity contribution in [2.75, 3.05) is 26.2 Å². The SMILES string of the molecule is CC(C)(C)OC(=O)N1CC2CC(F)(F)C3CNCC23C1. The lowest BCUT2D eigenvalue weighted by atomic mass is 9.76. The number of carbonyl (C=O) groups excluding carboxylic acids is 1. The molecule has 0 aromatic rings. The van der Waals surface area contributed by atoms with Crippen molar-refractivity contribution in [1.29, 1.82) is 0 Å². The van der Waals surface area contributed by atoms with Crippen molar-refractivity contribution in [1.82, 2.24) is 10.2 Å². The zero-order chi connectivity index (χ0) is 14.8. The Morgan fingerprint density at radius 1 is 1.40 bits per heavy atom. The van der Waals surface area contributed by atoms with E-state index in [2.05, 4.69) is 5.32 Å². The van der Waals surface area contributed by atoms with Crippen LogP contribution in [0, 0.1) is 17.3 Å². The van der Waals surface area contributed by atoms with E-state index in [9.17, 15) is 13.6 Å². The number of alkyl halides is 2. The van der Waals surface area contributed by atoms with Gasteiger partial charge in [-0.3, -0.25) is 0 Å². The van der Waals surface area contributed by atoms with E-state index >= 15 is 0 Å². The zero-order valence-corrected chi connectivity index (χ0v) is 12.2. The molecule has 2 saturated heterocycles. The number of nitrogens with one attached hydrogen (secondary N) is 1. The smallest absolute Gasteiger partial charge is 0.410 e. The van der Waals surface area contributed by atoms with Crippen LogP contribution in [0.3, 0.4) is 0 Å². The fraction of sp³-hybridized carbons (Fsp3) is 0.929. The molecule has 0 aromatic heterocycles. The number of hydrogen-bond acceptors (Lipinski definition) is 3. The first-order valence-corrected chi connectivity index (χ1v) is 7.20. The van der Waals surface area contributed by atoms with Crippen LogP contribution < -0.4 is 5.32 Å². The Hall–Kier alpha value is -0.910. The minimum absolute atomic E-state index is 0.0986. The van der Waals surface area contributed by atoms with Gasteiger partial charge in [-0.2, -0.15) is 0 Å². The van der Waals surface area contributed by atoms with Gasteiger partial charge in [-0.1, -0.05) is 0 Å². The molecule has 4 nitrogen and oxygen atoms in total. The van der Waals surface area contributed by atoms with E-state index in [1.165, 1.54) is 0 Å². The van der Waals surface area contributed by atoms with Gasteiger partial charge in [0, 0.05) is 43.9 Å². The summed E-state index contributed by atoms with van der Waals surface area (Å²) >= 11 is 0. The highest BCUT2D eigenvalue weighted by molar-refractivity contribution is 5.69. The average Bonchev–Trinajstić information content (AvgIpc) is 2.86. The number of ether oxygens (including phenoxy) is 1. The summed E-state index contributed by atoms with van der Waals surface area (Å²) in [6, 6.07) is 0. The van der Waals surface area contributed by atoms with Gasteiger partial charge in [-0.15, -0.1) is 0 Å². The predicted octanol–water partition coefficient (Wildman–Crippen LogP) is 2.10. The van der Waals surface area contributed by atoms with Gasteiger partial charge in [0.15, 0.2) is 0 Å². The Morgan fingerprint density at radius 3 is 2.75 bits per heavy atom. The first-order chi connectivity index (χ1) is 9.14. The minimum Gasteiger partial charge on any atom is -0.444 e. The third-order valence-electron chi connectivity index (χ3n) is 4.92. The van der Waals surface area contributed by atoms with E-state index < -0.39 is 22.9 Å². The van der Waals surface area contributed by atoms with Gasteiger partial charge < -0.3 is 15.0 Å². The van der Waals surface area contributed by atoms with Crippen LogP contribution in [0.25, 0.3) is 0 Å². The summed E-state index contributed by atoms with van der Waals surface area (Å²) in [6.45, 7) is 7.15. The summed E-state index contributed by atoms with van der Waals surface area (Å²) in [5.41, 5.74) is -1.01. The van der Waals surface area contributed by atoms with E-state index in [1.807, 2.05) is 20.8 Å². The molecule has 1 spiro atoms. The third-order valence-corrected chi connectivity index (χ3v) is 4.92. The van der Waals surface area contributed by atoms with Crippen molar-refractivity contribution >= 4 is 6.09 Å². The summed E-state index contributed by atoms with van der Waals surface area (Å²) in [5.74, 6) is -3.37. The molecule has 3 rings (SSSR count). The molecule has 0 aromatic carbocycles. The summed E-state index contributed by atoms with van der Waals surface area (Å²) in [5, 5.41) is 3.09. The van der Waals surface area contributed by atoms with Crippen LogP contribution in [0.2, 0.25) is 0 Å². The fourth-order valence-corrected chi connectivity index (χ4v) is 4.14. The number of nitrogens with zero attached hydrogens (tertiary/aromatic N) is 1. The quantitative estimate of drug-likeness (QED) is 0.742. The van der Waals surface area contributed by atoms with Gasteiger partial charge in [0.1, 0.15) is 5.60 Å². The highest BCUT2D eigenvalue weighted by atomic mass is 19.3. The lowest BCUT2D eigenvalue weighted by Crippen LogP contribution is -2.41. The zero-order valence-electron chi connectivity index (χ0n) is 12.2. The number of likely N-dealkylation sites (tertiary alicyclic amines) is 1. The summed E-state index contributed by atoms with van der Waals surface area (Å²) in [6.07, 6.45) is -0.478. The van der Waals surface area contributed by atoms with Crippen molar-refractivity contribution in [3.05, 3.63) is 0 Å². The summed E-state index contributed by atoms with van der Waals surface area (Å²) in [7, 11) is 0. The Kier molecular flexibility index (Phi) is 2.85. The van der Waals surface area contributed by atoms with Crippen LogP contribution >= 0.6 is 0 Å². The van der Waals surface area contributed by atoms with Crippen molar-refractivity contribution in [3.8, 4) is 0 Å². The molecule has 3 unspecified atom stereocenters. The topological polar surface area (TPSA) is 41.6 Å². The van der Waals surface area contributed by atoms with Crippen LogP contribution in [0.15, 0.2) is 0 Å². The van der Waals surface area contributed by atoms with Gasteiger partial charge in [0.05, 0.1) is 0 Å². The summed E-state index contributed by atoms with van der Waals surface area (Å²) < 4.78 is 33.4. The Morgan fingerprint density at radius 2 is 2.10 bits per heavy atom. The van der Waals surface area contributed by atoms with Gasteiger partial charge in [0.25, 0.3) is 5.92 Å². The maximum Gasteiger partial charge on any atom is 0.410 e. The lowest BCUT2D eigenvalue weighted by Gasteiger charge is -2.30. The highest BCUT2D eigenvalue weighted by Crippen LogP contribution is 2.60. The molecule has 0 bridgehead atoms. The first-order valence-electron chi connectivity index (χ1n) is 7.20. The number of amides is 1. The Balaban J connectivity index is 1.76. The monoisotopic (exact) mass is 288 g/mol. The van der Waals surface area contributed by atoms with Crippen LogP contribution in [-0.2, 0) is 4.74 Å². The molecule has 0 radical (unpaired) electrons. The minimum atomic E-state index is -2.60. The molecule has 114 valence electrons. The van der Waals surface area contributed by atoms with Crippen molar-refractivity contribution in [2.24, 2.45) is 17.3 Å². The number of carbonyl (C=O) groups is 1. The standard InChI is InChI=1S/C14H22F2N2O2/c1-12(2,3)20-11(19)18-6-9-4-14(15,16)10-5-17-7-13(9,10)8-18/h9-10,17H,4-8H2,1-3H3. The van der Waals surface area contributed by atoms with E-state index in [0.717, 1.165) is 0 Å². The molecule has 1 amide bonds. The van der Waals surface area contributed by atoms with Crippen molar-refractivity contribution in [3.63, 3.8) is 0 Å². The largest absolute Gasteiger partial charge is 0.444 e. The molecule has 2 aliphatic heterocycles. The van der Waals surface area contributed by atoms with E-state index in [1.54, 1.807) is 4.90 Å². The highest BCUT2D eigenvalue weighted by Gasteiger charge is 2.69. The molecule has 1 saturated carbocycles. The molecule has 20 heavy (non-hydrogen) atoms. The predicted molar refractivity (Wildman–Crippen MR) is 69.7 cm³/mol. The number of halogens is 2. The Bertz CT molecular complexity index is 435. The number of hydrogen-bond donors (Lipinski definition) is 1. The number of rotatable bonds is 0. The van der Waals surface area contributed by atoms with Crippen LogP contribution in [-0.4, -0.2) is 48.7 Å². The van der Waals surface area contributed by atoms with E-state index in [-0.39, 0.29) is 18.4 Å². The molecule has 1 aliphatic carbocycles.